The third-order valence-electron chi connectivity index (χ3n) is 12.1. The van der Waals surface area contributed by atoms with Crippen LogP contribution in [-0.4, -0.2) is 100 Å². The number of ether oxygens (including phenoxy) is 3. The fourth-order valence-electron chi connectivity index (χ4n) is 8.68. The lowest BCUT2D eigenvalue weighted by atomic mass is 9.98. The number of likely N-dealkylation sites (tertiary alicyclic amines) is 2. The molecule has 4 amide bonds. The molecule has 2 aromatic heterocycles. The molecular formula is C48H52N8O7. The van der Waals surface area contributed by atoms with Crippen molar-refractivity contribution in [1.29, 1.82) is 0 Å². The fraction of sp³-hybridized carbons (Fsp3) is 0.333. The lowest BCUT2D eigenvalue weighted by molar-refractivity contribution is -0.136. The van der Waals surface area contributed by atoms with Gasteiger partial charge in [-0.05, 0) is 63.9 Å². The van der Waals surface area contributed by atoms with Gasteiger partial charge in [-0.2, -0.15) is 0 Å². The first-order valence-corrected chi connectivity index (χ1v) is 21.2. The zero-order chi connectivity index (χ0) is 44.2. The summed E-state index contributed by atoms with van der Waals surface area (Å²) in [5, 5.41) is 7.57. The molecule has 0 aliphatic carbocycles. The number of carbonyl (C=O) groups is 4. The van der Waals surface area contributed by atoms with Crippen molar-refractivity contribution in [3.8, 4) is 33.6 Å². The van der Waals surface area contributed by atoms with E-state index in [2.05, 4.69) is 81.3 Å². The zero-order valence-electron chi connectivity index (χ0n) is 36.0. The molecule has 1 unspecified atom stereocenters. The third-order valence-corrected chi connectivity index (χ3v) is 12.1. The van der Waals surface area contributed by atoms with E-state index in [1.165, 1.54) is 14.2 Å². The smallest absolute Gasteiger partial charge is 0.407 e. The molecule has 2 saturated heterocycles. The summed E-state index contributed by atoms with van der Waals surface area (Å²) in [5.41, 5.74) is 6.37. The maximum atomic E-state index is 14.1. The number of methoxy groups -OCH3 is 3. The number of aromatic amines is 2. The minimum atomic E-state index is -0.947. The van der Waals surface area contributed by atoms with Gasteiger partial charge in [-0.1, -0.05) is 92.7 Å². The van der Waals surface area contributed by atoms with Gasteiger partial charge in [-0.3, -0.25) is 9.59 Å². The summed E-state index contributed by atoms with van der Waals surface area (Å²) >= 11 is 0. The van der Waals surface area contributed by atoms with Gasteiger partial charge in [0.25, 0.3) is 5.91 Å². The Hall–Kier alpha value is -7.00. The van der Waals surface area contributed by atoms with Crippen LogP contribution in [0.1, 0.15) is 68.4 Å². The number of amides is 4. The zero-order valence-corrected chi connectivity index (χ0v) is 36.0. The molecule has 63 heavy (non-hydrogen) atoms. The molecule has 4 aromatic carbocycles. The van der Waals surface area contributed by atoms with Crippen molar-refractivity contribution < 1.29 is 33.4 Å². The topological polar surface area (TPSA) is 184 Å². The number of imidazole rings is 2. The van der Waals surface area contributed by atoms with E-state index in [0.717, 1.165) is 63.1 Å². The van der Waals surface area contributed by atoms with E-state index >= 15 is 0 Å². The largest absolute Gasteiger partial charge is 0.453 e. The Morgan fingerprint density at radius 3 is 1.92 bits per heavy atom. The summed E-state index contributed by atoms with van der Waals surface area (Å²) in [4.78, 5) is 72.0. The highest BCUT2D eigenvalue weighted by atomic mass is 16.5. The standard InChI is InChI=1S/C48H52N8O7/c1-28(2)41(53-47(59)62-4)45(57)55-21-9-12-39(55)43-49-26-38(52-43)35-20-19-33-22-32(17-18-34(33)23-35)29-13-15-30(16-14-29)37-25-50-44(51-37)40-24-36(61-3)27-56(40)46(58)42(54-48(60)63-5)31-10-7-6-8-11-31/h6-8,10-11,13-20,22-23,25-26,28,36,39-42H,9,12,21,24,27H2,1-5H3,(H,49,52)(H,50,51)(H,53,59)(H,54,60)/t36-,39-,40-,41?,42-/m0/s1. The Morgan fingerprint density at radius 1 is 0.683 bits per heavy atom. The highest BCUT2D eigenvalue weighted by Gasteiger charge is 2.42. The van der Waals surface area contributed by atoms with Crippen molar-refractivity contribution >= 4 is 34.8 Å². The van der Waals surface area contributed by atoms with Gasteiger partial charge in [0.1, 0.15) is 23.7 Å². The molecule has 5 atom stereocenters. The van der Waals surface area contributed by atoms with E-state index in [4.69, 9.17) is 24.2 Å². The van der Waals surface area contributed by atoms with Crippen LogP contribution in [0.2, 0.25) is 0 Å². The lowest BCUT2D eigenvalue weighted by Gasteiger charge is -2.30. The molecule has 4 heterocycles. The molecule has 2 aliphatic rings. The molecule has 0 bridgehead atoms. The summed E-state index contributed by atoms with van der Waals surface area (Å²) < 4.78 is 15.3. The average Bonchev–Trinajstić information content (AvgIpc) is 4.16. The van der Waals surface area contributed by atoms with E-state index in [1.807, 2.05) is 43.1 Å². The maximum absolute atomic E-state index is 14.1. The molecule has 0 spiro atoms. The third kappa shape index (κ3) is 9.00. The van der Waals surface area contributed by atoms with Crippen LogP contribution in [0.4, 0.5) is 9.59 Å². The van der Waals surface area contributed by atoms with E-state index in [-0.39, 0.29) is 29.9 Å². The number of rotatable bonds is 12. The van der Waals surface area contributed by atoms with Crippen LogP contribution in [0.5, 0.6) is 0 Å². The van der Waals surface area contributed by atoms with Gasteiger partial charge in [0.2, 0.25) is 5.91 Å². The number of nitrogens with one attached hydrogen (secondary N) is 4. The number of hydrogen-bond acceptors (Lipinski definition) is 9. The van der Waals surface area contributed by atoms with Gasteiger partial charge in [0.05, 0.1) is 56.2 Å². The Balaban J connectivity index is 0.957. The van der Waals surface area contributed by atoms with Gasteiger partial charge in [-0.25, -0.2) is 19.6 Å². The van der Waals surface area contributed by atoms with Crippen LogP contribution in [-0.2, 0) is 23.8 Å². The maximum Gasteiger partial charge on any atom is 0.407 e. The first-order chi connectivity index (χ1) is 30.5. The quantitative estimate of drug-likeness (QED) is 0.0958. The summed E-state index contributed by atoms with van der Waals surface area (Å²) in [5.74, 6) is 0.815. The van der Waals surface area contributed by atoms with Crippen LogP contribution >= 0.6 is 0 Å². The molecule has 0 radical (unpaired) electrons. The highest BCUT2D eigenvalue weighted by Crippen LogP contribution is 2.37. The van der Waals surface area contributed by atoms with Crippen LogP contribution in [0.15, 0.2) is 103 Å². The van der Waals surface area contributed by atoms with Crippen LogP contribution in [0, 0.1) is 5.92 Å². The Bertz CT molecular complexity index is 2590. The second kappa shape index (κ2) is 18.5. The predicted octanol–water partition coefficient (Wildman–Crippen LogP) is 7.72. The molecule has 2 fully saturated rings. The Kier molecular flexibility index (Phi) is 12.6. The second-order valence-corrected chi connectivity index (χ2v) is 16.3. The van der Waals surface area contributed by atoms with Gasteiger partial charge < -0.3 is 44.6 Å². The number of hydrogen-bond donors (Lipinski definition) is 4. The minimum absolute atomic E-state index is 0.112. The summed E-state index contributed by atoms with van der Waals surface area (Å²) in [6, 6.07) is 27.8. The number of carbonyl (C=O) groups excluding carboxylic acids is 4. The van der Waals surface area contributed by atoms with Gasteiger partial charge in [0, 0.05) is 32.2 Å². The molecule has 326 valence electrons. The SMILES string of the molecule is COC(=O)NC(C(=O)N1CCC[C@H]1c1ncc(-c2ccc3cc(-c4ccc(-c5cnc([C@@H]6C[C@H](OC)CN6C(=O)[C@@H](NC(=O)OC)c6ccccc6)[nH]5)cc4)ccc3c2)[nH]1)C(C)C. The molecule has 15 nitrogen and oxygen atoms in total. The van der Waals surface area contributed by atoms with Gasteiger partial charge >= 0.3 is 12.2 Å². The van der Waals surface area contributed by atoms with Crippen molar-refractivity contribution in [3.05, 3.63) is 121 Å². The summed E-state index contributed by atoms with van der Waals surface area (Å²) in [6.07, 6.45) is 4.22. The number of alkyl carbamates (subject to hydrolysis) is 2. The van der Waals surface area contributed by atoms with E-state index in [9.17, 15) is 19.2 Å². The molecule has 2 aliphatic heterocycles. The number of nitrogens with zero attached hydrogens (tertiary/aromatic N) is 4. The monoisotopic (exact) mass is 852 g/mol. The van der Waals surface area contributed by atoms with E-state index in [0.29, 0.717) is 30.9 Å². The molecule has 0 saturated carbocycles. The summed E-state index contributed by atoms with van der Waals surface area (Å²) in [7, 11) is 4.19. The van der Waals surface area contributed by atoms with Crippen molar-refractivity contribution in [2.75, 3.05) is 34.4 Å². The number of fused-ring (bicyclic) bond motifs is 1. The first-order valence-electron chi connectivity index (χ1n) is 21.2. The van der Waals surface area contributed by atoms with E-state index in [1.54, 1.807) is 30.3 Å². The van der Waals surface area contributed by atoms with E-state index < -0.39 is 30.3 Å². The van der Waals surface area contributed by atoms with Crippen LogP contribution in [0.25, 0.3) is 44.4 Å². The highest BCUT2D eigenvalue weighted by molar-refractivity contribution is 5.91. The molecule has 4 N–H and O–H groups in total. The van der Waals surface area contributed by atoms with Crippen LogP contribution < -0.4 is 10.6 Å². The number of aromatic nitrogens is 4. The molecular weight excluding hydrogens is 801 g/mol. The first kappa shape index (κ1) is 42.7. The van der Waals surface area contributed by atoms with Gasteiger partial charge in [0.15, 0.2) is 0 Å². The van der Waals surface area contributed by atoms with Gasteiger partial charge in [-0.15, -0.1) is 0 Å². The number of H-pyrrole nitrogens is 2. The van der Waals surface area contributed by atoms with Crippen molar-refractivity contribution in [2.45, 2.75) is 63.4 Å². The average molecular weight is 853 g/mol. The summed E-state index contributed by atoms with van der Waals surface area (Å²) in [6.45, 7) is 4.73. The second-order valence-electron chi connectivity index (χ2n) is 16.3. The Morgan fingerprint density at radius 2 is 1.27 bits per heavy atom. The normalized spacial score (nSPS) is 18.3. The fourth-order valence-corrected chi connectivity index (χ4v) is 8.68. The predicted molar refractivity (Wildman–Crippen MR) is 237 cm³/mol. The molecule has 15 heteroatoms. The minimum Gasteiger partial charge on any atom is -0.453 e. The number of benzene rings is 4. The van der Waals surface area contributed by atoms with Crippen LogP contribution in [0.3, 0.4) is 0 Å². The lowest BCUT2D eigenvalue weighted by Crippen LogP contribution is -2.51. The van der Waals surface area contributed by atoms with Crippen molar-refractivity contribution in [3.63, 3.8) is 0 Å². The molecule has 6 aromatic rings. The Labute approximate surface area is 365 Å². The molecule has 8 rings (SSSR count). The van der Waals surface area contributed by atoms with Crippen molar-refractivity contribution in [2.24, 2.45) is 5.92 Å². The van der Waals surface area contributed by atoms with Crippen molar-refractivity contribution in [1.82, 2.24) is 40.4 Å².